The van der Waals surface area contributed by atoms with Gasteiger partial charge in [-0.1, -0.05) is 11.6 Å². The Kier molecular flexibility index (Phi) is 3.88. The van der Waals surface area contributed by atoms with E-state index in [9.17, 15) is 4.79 Å². The summed E-state index contributed by atoms with van der Waals surface area (Å²) in [6, 6.07) is 6.09. The predicted molar refractivity (Wildman–Crippen MR) is 75.4 cm³/mol. The molecule has 0 radical (unpaired) electrons. The lowest BCUT2D eigenvalue weighted by molar-refractivity contribution is -0.111. The summed E-state index contributed by atoms with van der Waals surface area (Å²) in [6.45, 7) is 4.11. The highest BCUT2D eigenvalue weighted by molar-refractivity contribution is 6.63. The zero-order chi connectivity index (χ0) is 13.3. The van der Waals surface area contributed by atoms with Crippen LogP contribution >= 0.6 is 23.2 Å². The number of carbonyl (C=O) groups is 1. The highest BCUT2D eigenvalue weighted by atomic mass is 35.5. The fourth-order valence-corrected chi connectivity index (χ4v) is 2.20. The number of pyridine rings is 1. The van der Waals surface area contributed by atoms with Gasteiger partial charge >= 0.3 is 0 Å². The molecule has 0 N–H and O–H groups in total. The lowest BCUT2D eigenvalue weighted by Crippen LogP contribution is -1.95. The van der Waals surface area contributed by atoms with Crippen LogP contribution in [0.1, 0.15) is 23.1 Å². The first kappa shape index (κ1) is 13.3. The molecular weight excluding hydrogens is 269 g/mol. The van der Waals surface area contributed by atoms with E-state index in [4.69, 9.17) is 23.2 Å². The van der Waals surface area contributed by atoms with Crippen LogP contribution in [0, 0.1) is 13.8 Å². The van der Waals surface area contributed by atoms with Crippen LogP contribution in [0.25, 0.3) is 10.9 Å². The average Bonchev–Trinajstić information content (AvgIpc) is 2.29. The maximum Gasteiger partial charge on any atom is 0.221 e. The average molecular weight is 282 g/mol. The van der Waals surface area contributed by atoms with E-state index < -0.39 is 0 Å². The Morgan fingerprint density at radius 1 is 1.22 bits per heavy atom. The van der Waals surface area contributed by atoms with Crippen LogP contribution in [-0.4, -0.2) is 10.2 Å². The summed E-state index contributed by atoms with van der Waals surface area (Å²) in [5.41, 5.74) is 4.14. The summed E-state index contributed by atoms with van der Waals surface area (Å²) in [5, 5.41) is 1.13. The van der Waals surface area contributed by atoms with E-state index >= 15 is 0 Å². The van der Waals surface area contributed by atoms with Gasteiger partial charge in [-0.2, -0.15) is 0 Å². The minimum Gasteiger partial charge on any atom is -0.281 e. The Labute approximate surface area is 116 Å². The van der Waals surface area contributed by atoms with Gasteiger partial charge in [0.1, 0.15) is 5.15 Å². The zero-order valence-corrected chi connectivity index (χ0v) is 11.8. The van der Waals surface area contributed by atoms with Gasteiger partial charge in [-0.25, -0.2) is 4.98 Å². The van der Waals surface area contributed by atoms with E-state index in [1.165, 1.54) is 11.1 Å². The van der Waals surface area contributed by atoms with Gasteiger partial charge in [0.15, 0.2) is 0 Å². The Hall–Kier alpha value is -1.12. The van der Waals surface area contributed by atoms with E-state index in [-0.39, 0.29) is 11.7 Å². The first-order chi connectivity index (χ1) is 8.47. The Morgan fingerprint density at radius 2 is 1.89 bits per heavy atom. The number of halogens is 2. The van der Waals surface area contributed by atoms with Crippen LogP contribution < -0.4 is 0 Å². The van der Waals surface area contributed by atoms with Crippen molar-refractivity contribution in [2.24, 2.45) is 0 Å². The number of aromatic nitrogens is 1. The molecule has 1 aromatic heterocycles. The molecule has 0 aliphatic rings. The van der Waals surface area contributed by atoms with Crippen molar-refractivity contribution in [3.05, 3.63) is 40.0 Å². The summed E-state index contributed by atoms with van der Waals surface area (Å²) < 4.78 is 0. The van der Waals surface area contributed by atoms with Gasteiger partial charge in [0.05, 0.1) is 5.52 Å². The molecule has 2 nitrogen and oxygen atoms in total. The SMILES string of the molecule is Cc1cc2cc(CCC(=O)Cl)c(Cl)nc2cc1C. The summed E-state index contributed by atoms with van der Waals surface area (Å²) in [5.74, 6) is 0. The van der Waals surface area contributed by atoms with Crippen LogP contribution in [0.4, 0.5) is 0 Å². The van der Waals surface area contributed by atoms with Crippen molar-refractivity contribution in [1.29, 1.82) is 0 Å². The second-order valence-corrected chi connectivity index (χ2v) is 5.20. The van der Waals surface area contributed by atoms with Crippen molar-refractivity contribution in [2.45, 2.75) is 26.7 Å². The number of hydrogen-bond acceptors (Lipinski definition) is 2. The standard InChI is InChI=1S/C14H13Cl2NO/c1-8-5-11-7-10(3-4-13(15)18)14(16)17-12(11)6-9(8)2/h5-7H,3-4H2,1-2H3. The first-order valence-corrected chi connectivity index (χ1v) is 6.47. The van der Waals surface area contributed by atoms with Crippen LogP contribution in [0.2, 0.25) is 5.15 Å². The number of nitrogens with zero attached hydrogens (tertiary/aromatic N) is 1. The maximum atomic E-state index is 10.8. The number of carbonyl (C=O) groups excluding carboxylic acids is 1. The third-order valence-electron chi connectivity index (χ3n) is 3.05. The summed E-state index contributed by atoms with van der Waals surface area (Å²) in [7, 11) is 0. The largest absolute Gasteiger partial charge is 0.281 e. The minimum absolute atomic E-state index is 0.277. The van der Waals surface area contributed by atoms with Gasteiger partial charge in [0.25, 0.3) is 0 Å². The lowest BCUT2D eigenvalue weighted by Gasteiger charge is -2.07. The molecule has 0 aliphatic heterocycles. The molecule has 0 fully saturated rings. The van der Waals surface area contributed by atoms with Crippen molar-refractivity contribution < 1.29 is 4.79 Å². The molecule has 0 saturated carbocycles. The molecule has 0 saturated heterocycles. The predicted octanol–water partition coefficient (Wildman–Crippen LogP) is 4.20. The molecule has 0 bridgehead atoms. The molecule has 1 heterocycles. The van der Waals surface area contributed by atoms with Crippen molar-refractivity contribution in [1.82, 2.24) is 4.98 Å². The van der Waals surface area contributed by atoms with Gasteiger partial charge in [0.2, 0.25) is 5.24 Å². The topological polar surface area (TPSA) is 30.0 Å². The molecule has 94 valence electrons. The smallest absolute Gasteiger partial charge is 0.221 e. The maximum absolute atomic E-state index is 10.8. The molecule has 0 atom stereocenters. The Balaban J connectivity index is 2.47. The van der Waals surface area contributed by atoms with Crippen molar-refractivity contribution in [2.75, 3.05) is 0 Å². The molecular formula is C14H13Cl2NO. The molecule has 1 aromatic carbocycles. The van der Waals surface area contributed by atoms with Crippen molar-refractivity contribution in [3.63, 3.8) is 0 Å². The summed E-state index contributed by atoms with van der Waals surface area (Å²) in [6.07, 6.45) is 0.802. The number of fused-ring (bicyclic) bond motifs is 1. The Morgan fingerprint density at radius 3 is 2.56 bits per heavy atom. The van der Waals surface area contributed by atoms with Crippen LogP contribution in [-0.2, 0) is 11.2 Å². The number of rotatable bonds is 3. The van der Waals surface area contributed by atoms with E-state index in [0.29, 0.717) is 11.6 Å². The third-order valence-corrected chi connectivity index (χ3v) is 3.56. The quantitative estimate of drug-likeness (QED) is 0.623. The highest BCUT2D eigenvalue weighted by Gasteiger charge is 2.08. The van der Waals surface area contributed by atoms with Crippen LogP contribution in [0.3, 0.4) is 0 Å². The molecule has 0 amide bonds. The van der Waals surface area contributed by atoms with E-state index in [0.717, 1.165) is 16.5 Å². The molecule has 2 rings (SSSR count). The number of benzene rings is 1. The van der Waals surface area contributed by atoms with E-state index in [1.54, 1.807) is 0 Å². The molecule has 0 unspecified atom stereocenters. The molecule has 0 aliphatic carbocycles. The van der Waals surface area contributed by atoms with Crippen LogP contribution in [0.15, 0.2) is 18.2 Å². The molecule has 2 aromatic rings. The van der Waals surface area contributed by atoms with Gasteiger partial charge in [0, 0.05) is 11.8 Å². The van der Waals surface area contributed by atoms with E-state index in [2.05, 4.69) is 18.0 Å². The van der Waals surface area contributed by atoms with Crippen molar-refractivity contribution >= 4 is 39.3 Å². The van der Waals surface area contributed by atoms with Crippen molar-refractivity contribution in [3.8, 4) is 0 Å². The molecule has 0 spiro atoms. The number of hydrogen-bond donors (Lipinski definition) is 0. The minimum atomic E-state index is -0.355. The molecule has 18 heavy (non-hydrogen) atoms. The van der Waals surface area contributed by atoms with Crippen LogP contribution in [0.5, 0.6) is 0 Å². The summed E-state index contributed by atoms with van der Waals surface area (Å²) >= 11 is 11.5. The Bertz CT molecular complexity index is 623. The summed E-state index contributed by atoms with van der Waals surface area (Å²) in [4.78, 5) is 15.2. The fraction of sp³-hybridized carbons (Fsp3) is 0.286. The zero-order valence-electron chi connectivity index (χ0n) is 10.3. The normalized spacial score (nSPS) is 10.9. The second-order valence-electron chi connectivity index (χ2n) is 4.42. The van der Waals surface area contributed by atoms with Gasteiger partial charge in [-0.15, -0.1) is 0 Å². The second kappa shape index (κ2) is 5.25. The number of aryl methyl sites for hydroxylation is 3. The van der Waals surface area contributed by atoms with E-state index in [1.807, 2.05) is 19.1 Å². The molecule has 4 heteroatoms. The lowest BCUT2D eigenvalue weighted by atomic mass is 10.0. The fourth-order valence-electron chi connectivity index (χ4n) is 1.87. The van der Waals surface area contributed by atoms with Gasteiger partial charge in [-0.05, 0) is 66.8 Å². The highest BCUT2D eigenvalue weighted by Crippen LogP contribution is 2.24. The monoisotopic (exact) mass is 281 g/mol. The third kappa shape index (κ3) is 2.82. The first-order valence-electron chi connectivity index (χ1n) is 5.72. The van der Waals surface area contributed by atoms with Gasteiger partial charge < -0.3 is 0 Å². The van der Waals surface area contributed by atoms with Gasteiger partial charge in [-0.3, -0.25) is 4.79 Å².